The Labute approximate surface area is 134 Å². The lowest BCUT2D eigenvalue weighted by atomic mass is 9.47. The van der Waals surface area contributed by atoms with Crippen molar-refractivity contribution in [2.45, 2.75) is 71.8 Å². The van der Waals surface area contributed by atoms with E-state index in [2.05, 4.69) is 26.8 Å². The fraction of sp³-hybridized carbons (Fsp3) is 0.850. The highest BCUT2D eigenvalue weighted by atomic mass is 16.3. The Kier molecular flexibility index (Phi) is 3.18. The van der Waals surface area contributed by atoms with Gasteiger partial charge in [-0.05, 0) is 74.5 Å². The predicted molar refractivity (Wildman–Crippen MR) is 87.3 cm³/mol. The zero-order valence-electron chi connectivity index (χ0n) is 14.3. The lowest BCUT2D eigenvalue weighted by Gasteiger charge is -2.56. The maximum atomic E-state index is 13.0. The van der Waals surface area contributed by atoms with Crippen LogP contribution in [0.25, 0.3) is 0 Å². The summed E-state index contributed by atoms with van der Waals surface area (Å²) < 4.78 is 0. The lowest BCUT2D eigenvalue weighted by Crippen LogP contribution is -2.52. The minimum Gasteiger partial charge on any atom is -0.393 e. The van der Waals surface area contributed by atoms with E-state index < -0.39 is 0 Å². The third-order valence-electron chi connectivity index (χ3n) is 7.91. The topological polar surface area (TPSA) is 37.3 Å². The molecule has 0 aromatic carbocycles. The molecule has 2 unspecified atom stereocenters. The lowest BCUT2D eigenvalue weighted by molar-refractivity contribution is -0.137. The number of carbonyl (C=O) groups is 1. The number of allylic oxidation sites excluding steroid dienone is 2. The van der Waals surface area contributed by atoms with Gasteiger partial charge in [0.05, 0.1) is 11.5 Å². The monoisotopic (exact) mass is 302 g/mol. The normalized spacial score (nSPS) is 54.3. The summed E-state index contributed by atoms with van der Waals surface area (Å²) in [4.78, 5) is 13.0. The first-order valence-corrected chi connectivity index (χ1v) is 9.25. The molecule has 0 aromatic heterocycles. The summed E-state index contributed by atoms with van der Waals surface area (Å²) in [6, 6.07) is 0. The second kappa shape index (κ2) is 4.69. The number of aliphatic hydroxyl groups excluding tert-OH is 1. The molecule has 4 rings (SSSR count). The van der Waals surface area contributed by atoms with Crippen molar-refractivity contribution in [1.82, 2.24) is 0 Å². The van der Waals surface area contributed by atoms with Gasteiger partial charge in [-0.3, -0.25) is 4.79 Å². The van der Waals surface area contributed by atoms with Crippen molar-refractivity contribution in [3.8, 4) is 0 Å². The highest BCUT2D eigenvalue weighted by Crippen LogP contribution is 2.64. The zero-order chi connectivity index (χ0) is 15.7. The van der Waals surface area contributed by atoms with Crippen LogP contribution in [0.5, 0.6) is 0 Å². The molecule has 2 nitrogen and oxygen atoms in total. The molecular formula is C20H30O2. The van der Waals surface area contributed by atoms with Gasteiger partial charge in [0.15, 0.2) is 0 Å². The number of aliphatic hydroxyl groups is 1. The van der Waals surface area contributed by atoms with Crippen molar-refractivity contribution in [1.29, 1.82) is 0 Å². The molecule has 0 bridgehead atoms. The van der Waals surface area contributed by atoms with Gasteiger partial charge in [-0.2, -0.15) is 0 Å². The molecule has 0 aromatic rings. The highest BCUT2D eigenvalue weighted by molar-refractivity contribution is 5.89. The van der Waals surface area contributed by atoms with E-state index in [1.807, 2.05) is 0 Å². The van der Waals surface area contributed by atoms with Gasteiger partial charge in [-0.25, -0.2) is 0 Å². The van der Waals surface area contributed by atoms with E-state index in [0.717, 1.165) is 32.1 Å². The third kappa shape index (κ3) is 1.85. The quantitative estimate of drug-likeness (QED) is 0.683. The first kappa shape index (κ1) is 14.9. The van der Waals surface area contributed by atoms with E-state index in [-0.39, 0.29) is 11.5 Å². The van der Waals surface area contributed by atoms with Gasteiger partial charge in [0, 0.05) is 6.42 Å². The van der Waals surface area contributed by atoms with Crippen LogP contribution in [0.15, 0.2) is 11.6 Å². The standard InChI is InChI=1S/C20H30O2/c1-12-8-13-4-5-15-16(20(13,3)18(22)9-12)6-7-19(2)11-14(21)10-17(15)19/h4,12,14-17,21H,5-11H2,1-3H3/t12?,14?,15-,16-,17+,19-,20+/m1/s1. The molecule has 0 radical (unpaired) electrons. The number of ketones is 1. The SMILES string of the molecule is CC1CC(=O)[C@@]2(C)C(=CC[C@@H]3[C@H]2CC[C@]2(C)CC(O)C[C@@H]32)C1. The van der Waals surface area contributed by atoms with Crippen LogP contribution in [-0.2, 0) is 4.79 Å². The van der Waals surface area contributed by atoms with E-state index >= 15 is 0 Å². The van der Waals surface area contributed by atoms with Crippen LogP contribution in [0, 0.1) is 34.5 Å². The van der Waals surface area contributed by atoms with Crippen LogP contribution in [0.4, 0.5) is 0 Å². The maximum absolute atomic E-state index is 13.0. The molecule has 0 amide bonds. The Balaban J connectivity index is 1.72. The van der Waals surface area contributed by atoms with E-state index in [4.69, 9.17) is 0 Å². The van der Waals surface area contributed by atoms with Crippen molar-refractivity contribution in [3.63, 3.8) is 0 Å². The van der Waals surface area contributed by atoms with Gasteiger partial charge < -0.3 is 5.11 Å². The fourth-order valence-electron chi connectivity index (χ4n) is 6.74. The molecule has 0 saturated heterocycles. The van der Waals surface area contributed by atoms with Gasteiger partial charge >= 0.3 is 0 Å². The van der Waals surface area contributed by atoms with E-state index in [1.54, 1.807) is 0 Å². The summed E-state index contributed by atoms with van der Waals surface area (Å²) in [5.41, 5.74) is 1.57. The second-order valence-corrected chi connectivity index (χ2v) is 9.27. The van der Waals surface area contributed by atoms with Gasteiger partial charge in [0.25, 0.3) is 0 Å². The molecule has 4 aliphatic carbocycles. The smallest absolute Gasteiger partial charge is 0.143 e. The molecule has 3 fully saturated rings. The molecule has 0 heterocycles. The number of hydrogen-bond donors (Lipinski definition) is 1. The third-order valence-corrected chi connectivity index (χ3v) is 7.91. The van der Waals surface area contributed by atoms with E-state index in [9.17, 15) is 9.90 Å². The zero-order valence-corrected chi connectivity index (χ0v) is 14.3. The van der Waals surface area contributed by atoms with Crippen molar-refractivity contribution >= 4 is 5.78 Å². The minimum absolute atomic E-state index is 0.117. The Morgan fingerprint density at radius 2 is 2.00 bits per heavy atom. The van der Waals surface area contributed by atoms with Crippen LogP contribution in [0.1, 0.15) is 65.7 Å². The highest BCUT2D eigenvalue weighted by Gasteiger charge is 2.59. The second-order valence-electron chi connectivity index (χ2n) is 9.27. The number of hydrogen-bond acceptors (Lipinski definition) is 2. The molecule has 122 valence electrons. The molecule has 3 saturated carbocycles. The maximum Gasteiger partial charge on any atom is 0.143 e. The Hall–Kier alpha value is -0.630. The largest absolute Gasteiger partial charge is 0.393 e. The number of fused-ring (bicyclic) bond motifs is 5. The van der Waals surface area contributed by atoms with Gasteiger partial charge in [0.2, 0.25) is 0 Å². The summed E-state index contributed by atoms with van der Waals surface area (Å²) in [6.45, 7) is 6.85. The predicted octanol–water partition coefficient (Wildman–Crippen LogP) is 4.13. The average molecular weight is 302 g/mol. The van der Waals surface area contributed by atoms with Gasteiger partial charge in [-0.15, -0.1) is 0 Å². The van der Waals surface area contributed by atoms with Crippen LogP contribution in [0.3, 0.4) is 0 Å². The first-order valence-electron chi connectivity index (χ1n) is 9.25. The molecule has 1 N–H and O–H groups in total. The van der Waals surface area contributed by atoms with Crippen LogP contribution >= 0.6 is 0 Å². The van der Waals surface area contributed by atoms with E-state index in [1.165, 1.54) is 18.4 Å². The molecular weight excluding hydrogens is 272 g/mol. The van der Waals surface area contributed by atoms with Crippen molar-refractivity contribution in [3.05, 3.63) is 11.6 Å². The molecule has 22 heavy (non-hydrogen) atoms. The Morgan fingerprint density at radius 3 is 2.77 bits per heavy atom. The van der Waals surface area contributed by atoms with Crippen molar-refractivity contribution < 1.29 is 9.90 Å². The summed E-state index contributed by atoms with van der Waals surface area (Å²) in [6.07, 6.45) is 9.64. The summed E-state index contributed by atoms with van der Waals surface area (Å²) in [5.74, 6) is 2.76. The summed E-state index contributed by atoms with van der Waals surface area (Å²) >= 11 is 0. The molecule has 2 heteroatoms. The molecule has 0 spiro atoms. The molecule has 7 atom stereocenters. The Morgan fingerprint density at radius 1 is 1.23 bits per heavy atom. The Bertz CT molecular complexity index is 536. The van der Waals surface area contributed by atoms with Crippen LogP contribution < -0.4 is 0 Å². The van der Waals surface area contributed by atoms with Crippen molar-refractivity contribution in [2.24, 2.45) is 34.5 Å². The van der Waals surface area contributed by atoms with E-state index in [0.29, 0.717) is 34.9 Å². The summed E-state index contributed by atoms with van der Waals surface area (Å²) in [5, 5.41) is 10.2. The number of Topliss-reactive ketones (excluding diaryl/α,β-unsaturated/α-hetero) is 1. The minimum atomic E-state index is -0.190. The van der Waals surface area contributed by atoms with Gasteiger partial charge in [-0.1, -0.05) is 25.5 Å². The average Bonchev–Trinajstić information content (AvgIpc) is 2.75. The fourth-order valence-corrected chi connectivity index (χ4v) is 6.74. The van der Waals surface area contributed by atoms with Crippen LogP contribution in [0.2, 0.25) is 0 Å². The van der Waals surface area contributed by atoms with Crippen LogP contribution in [-0.4, -0.2) is 17.0 Å². The summed E-state index contributed by atoms with van der Waals surface area (Å²) in [7, 11) is 0. The number of rotatable bonds is 0. The van der Waals surface area contributed by atoms with Gasteiger partial charge in [0.1, 0.15) is 5.78 Å². The number of carbonyl (C=O) groups excluding carboxylic acids is 1. The molecule has 4 aliphatic rings. The molecule has 0 aliphatic heterocycles. The first-order chi connectivity index (χ1) is 10.3. The van der Waals surface area contributed by atoms with Crippen molar-refractivity contribution in [2.75, 3.05) is 0 Å².